The third-order valence-corrected chi connectivity index (χ3v) is 18.9. The molecule has 2 saturated heterocycles. The van der Waals surface area contributed by atoms with Gasteiger partial charge in [-0.25, -0.2) is 0 Å². The fraction of sp³-hybridized carbons (Fsp3) is 0.426. The Morgan fingerprint density at radius 1 is 0.842 bits per heavy atom. The smallest absolute Gasteiger partial charge is 0.249 e. The zero-order valence-corrected chi connectivity index (χ0v) is 36.8. The minimum Gasteiger partial charge on any atom is -0.414 e. The summed E-state index contributed by atoms with van der Waals surface area (Å²) in [4.78, 5) is 51.3. The van der Waals surface area contributed by atoms with Gasteiger partial charge in [0.15, 0.2) is 8.32 Å². The van der Waals surface area contributed by atoms with E-state index in [0.717, 1.165) is 21.2 Å². The number of likely N-dealkylation sites (tertiary alicyclic amines) is 1. The first kappa shape index (κ1) is 42.5. The first-order chi connectivity index (χ1) is 27.3. The molecule has 6 rings (SSSR count). The lowest BCUT2D eigenvalue weighted by Gasteiger charge is -2.45. The van der Waals surface area contributed by atoms with Crippen LogP contribution in [0.4, 0.5) is 0 Å². The van der Waals surface area contributed by atoms with Crippen LogP contribution in [0.2, 0.25) is 16.6 Å². The van der Waals surface area contributed by atoms with Gasteiger partial charge in [-0.2, -0.15) is 0 Å². The van der Waals surface area contributed by atoms with Gasteiger partial charge in [0.1, 0.15) is 11.6 Å². The Balaban J connectivity index is 1.48. The van der Waals surface area contributed by atoms with Gasteiger partial charge < -0.3 is 23.9 Å². The van der Waals surface area contributed by atoms with Crippen molar-refractivity contribution in [2.45, 2.75) is 95.0 Å². The van der Waals surface area contributed by atoms with Crippen LogP contribution in [0.15, 0.2) is 127 Å². The fourth-order valence-electron chi connectivity index (χ4n) is 10.1. The first-order valence-corrected chi connectivity index (χ1v) is 23.2. The maximum atomic E-state index is 15.6. The molecule has 3 aliphatic rings. The van der Waals surface area contributed by atoms with E-state index in [-0.39, 0.29) is 37.4 Å². The molecule has 302 valence electrons. The van der Waals surface area contributed by atoms with Crippen LogP contribution in [0.5, 0.6) is 0 Å². The van der Waals surface area contributed by atoms with Gasteiger partial charge >= 0.3 is 0 Å². The number of fused-ring (bicyclic) bond motifs is 1. The summed E-state index contributed by atoms with van der Waals surface area (Å²) in [6.07, 6.45) is 6.53. The molecule has 3 amide bonds. The number of nitrogens with zero attached hydrogens (tertiary/aromatic N) is 3. The van der Waals surface area contributed by atoms with Crippen molar-refractivity contribution in [1.29, 1.82) is 0 Å². The summed E-state index contributed by atoms with van der Waals surface area (Å²) in [5.41, 5.74) is 2.29. The average Bonchev–Trinajstić information content (AvgIpc) is 3.83. The number of carbonyl (C=O) groups excluding carboxylic acids is 3. The van der Waals surface area contributed by atoms with E-state index in [1.807, 2.05) is 97.1 Å². The summed E-state index contributed by atoms with van der Waals surface area (Å²) < 4.78 is 15.1. The van der Waals surface area contributed by atoms with E-state index in [2.05, 4.69) is 70.6 Å². The van der Waals surface area contributed by atoms with E-state index in [0.29, 0.717) is 29.7 Å². The Morgan fingerprint density at radius 3 is 1.98 bits per heavy atom. The van der Waals surface area contributed by atoms with Gasteiger partial charge in [-0.05, 0) is 45.4 Å². The highest BCUT2D eigenvalue weighted by Crippen LogP contribution is 2.57. The Hall–Kier alpha value is -4.09. The summed E-state index contributed by atoms with van der Waals surface area (Å²) in [6.45, 7) is 22.8. The SMILES string of the molecule is C=CCN(Cc1cccc(Br)c1)C(=O)[C@@H]1[C@@H]2C=C[C@]3(O2)[C@H](C(=O)N(CC=C)Cc2ccccc2)N(C(CO[Si](C(C)C)(C(C)C)C(C)C)c2ccccc2)C(=O)[C@@H]13. The zero-order chi connectivity index (χ0) is 41.1. The van der Waals surface area contributed by atoms with Gasteiger partial charge in [-0.1, -0.05) is 155 Å². The highest BCUT2D eigenvalue weighted by Gasteiger charge is 2.74. The van der Waals surface area contributed by atoms with Crippen molar-refractivity contribution >= 4 is 42.0 Å². The van der Waals surface area contributed by atoms with Crippen molar-refractivity contribution < 1.29 is 23.5 Å². The van der Waals surface area contributed by atoms with E-state index in [1.165, 1.54) is 0 Å². The normalized spacial score (nSPS) is 23.0. The Bertz CT molecular complexity index is 1930. The Morgan fingerprint density at radius 2 is 1.40 bits per heavy atom. The zero-order valence-electron chi connectivity index (χ0n) is 34.2. The molecule has 6 atom stereocenters. The number of hydrogen-bond donors (Lipinski definition) is 0. The van der Waals surface area contributed by atoms with Crippen LogP contribution >= 0.6 is 15.9 Å². The second kappa shape index (κ2) is 17.8. The number of halogens is 1. The summed E-state index contributed by atoms with van der Waals surface area (Å²) in [5.74, 6) is -2.51. The monoisotopic (exact) mass is 851 g/mol. The van der Waals surface area contributed by atoms with Crippen LogP contribution in [-0.2, 0) is 36.6 Å². The van der Waals surface area contributed by atoms with Crippen molar-refractivity contribution in [1.82, 2.24) is 14.7 Å². The molecule has 1 unspecified atom stereocenters. The summed E-state index contributed by atoms with van der Waals surface area (Å²) in [6, 6.07) is 25.8. The average molecular weight is 853 g/mol. The van der Waals surface area contributed by atoms with E-state index in [1.54, 1.807) is 26.9 Å². The van der Waals surface area contributed by atoms with Crippen LogP contribution in [-0.4, -0.2) is 78.2 Å². The fourth-order valence-corrected chi connectivity index (χ4v) is 16.0. The lowest BCUT2D eigenvalue weighted by atomic mass is 9.73. The van der Waals surface area contributed by atoms with Crippen LogP contribution in [0.3, 0.4) is 0 Å². The molecule has 2 fully saturated rings. The summed E-state index contributed by atoms with van der Waals surface area (Å²) in [7, 11) is -2.44. The number of benzene rings is 3. The van der Waals surface area contributed by atoms with Gasteiger partial charge in [-0.3, -0.25) is 14.4 Å². The van der Waals surface area contributed by atoms with Gasteiger partial charge in [0.2, 0.25) is 17.7 Å². The highest BCUT2D eigenvalue weighted by atomic mass is 79.9. The van der Waals surface area contributed by atoms with Gasteiger partial charge in [0.25, 0.3) is 0 Å². The topological polar surface area (TPSA) is 79.4 Å². The number of rotatable bonds is 18. The Kier molecular flexibility index (Phi) is 13.3. The van der Waals surface area contributed by atoms with Crippen LogP contribution in [0.1, 0.15) is 64.3 Å². The molecule has 3 aromatic rings. The molecule has 3 aliphatic heterocycles. The lowest BCUT2D eigenvalue weighted by molar-refractivity contribution is -0.151. The summed E-state index contributed by atoms with van der Waals surface area (Å²) in [5, 5.41) is 0. The minimum atomic E-state index is -2.44. The van der Waals surface area contributed by atoms with Crippen LogP contribution in [0, 0.1) is 11.8 Å². The Labute approximate surface area is 348 Å². The van der Waals surface area contributed by atoms with Gasteiger partial charge in [0, 0.05) is 30.7 Å². The second-order valence-corrected chi connectivity index (χ2v) is 23.0. The van der Waals surface area contributed by atoms with E-state index >= 15 is 9.59 Å². The van der Waals surface area contributed by atoms with Crippen LogP contribution < -0.4 is 0 Å². The predicted molar refractivity (Wildman–Crippen MR) is 232 cm³/mol. The van der Waals surface area contributed by atoms with Crippen molar-refractivity contribution in [3.05, 3.63) is 144 Å². The molecule has 0 aliphatic carbocycles. The molecule has 3 aromatic carbocycles. The number of amides is 3. The third kappa shape index (κ3) is 8.03. The second-order valence-electron chi connectivity index (χ2n) is 16.6. The molecule has 0 saturated carbocycles. The standard InChI is InChI=1S/C47H58BrN3O5Si/c1-9-26-49(30-36-20-17-23-38(48)28-36)44(52)41-40-24-25-47(56-40)42(41)45(53)51(43(47)46(54)50(27-10-2)29-35-18-13-11-14-19-35)39(37-21-15-12-16-22-37)31-55-57(32(3)4,33(5)6)34(7)8/h9-25,28,32-34,39-43H,1-2,26-27,29-31H2,3-8H3/t39?,40-,41+,42+,43-,47+/m0/s1. The van der Waals surface area contributed by atoms with Crippen molar-refractivity contribution in [2.75, 3.05) is 19.7 Å². The molecule has 3 heterocycles. The number of hydrogen-bond acceptors (Lipinski definition) is 5. The maximum absolute atomic E-state index is 15.6. The molecule has 57 heavy (non-hydrogen) atoms. The molecule has 1 spiro atoms. The largest absolute Gasteiger partial charge is 0.414 e. The molecule has 0 radical (unpaired) electrons. The van der Waals surface area contributed by atoms with E-state index in [4.69, 9.17) is 9.16 Å². The van der Waals surface area contributed by atoms with Gasteiger partial charge in [-0.15, -0.1) is 13.2 Å². The van der Waals surface area contributed by atoms with Crippen molar-refractivity contribution in [3.8, 4) is 0 Å². The molecule has 0 aromatic heterocycles. The predicted octanol–water partition coefficient (Wildman–Crippen LogP) is 9.26. The third-order valence-electron chi connectivity index (χ3n) is 12.4. The lowest BCUT2D eigenvalue weighted by Crippen LogP contribution is -2.57. The molecule has 8 nitrogen and oxygen atoms in total. The molecule has 0 N–H and O–H groups in total. The van der Waals surface area contributed by atoms with Crippen LogP contribution in [0.25, 0.3) is 0 Å². The number of ether oxygens (including phenoxy) is 1. The van der Waals surface area contributed by atoms with E-state index in [9.17, 15) is 4.79 Å². The summed E-state index contributed by atoms with van der Waals surface area (Å²) >= 11 is 3.56. The molecule has 2 bridgehead atoms. The minimum absolute atomic E-state index is 0.205. The van der Waals surface area contributed by atoms with Crippen molar-refractivity contribution in [2.24, 2.45) is 11.8 Å². The maximum Gasteiger partial charge on any atom is 0.249 e. The number of carbonyl (C=O) groups is 3. The molecule has 10 heteroatoms. The quantitative estimate of drug-likeness (QED) is 0.0943. The van der Waals surface area contributed by atoms with E-state index < -0.39 is 43.9 Å². The first-order valence-electron chi connectivity index (χ1n) is 20.3. The molecular formula is C47H58BrN3O5Si. The highest BCUT2D eigenvalue weighted by molar-refractivity contribution is 9.10. The molecular weight excluding hydrogens is 795 g/mol. The van der Waals surface area contributed by atoms with Crippen molar-refractivity contribution in [3.63, 3.8) is 0 Å². The van der Waals surface area contributed by atoms with Gasteiger partial charge in [0.05, 0.1) is 30.6 Å².